The Labute approximate surface area is 191 Å². The second kappa shape index (κ2) is 17.5. The van der Waals surface area contributed by atoms with E-state index in [1.165, 1.54) is 49.7 Å². The summed E-state index contributed by atoms with van der Waals surface area (Å²) < 4.78 is 19.0. The van der Waals surface area contributed by atoms with Crippen molar-refractivity contribution in [3.05, 3.63) is 22.1 Å². The molecule has 2 aromatic rings. The molecule has 0 aromatic carbocycles. The molecule has 0 spiro atoms. The van der Waals surface area contributed by atoms with Gasteiger partial charge >= 0.3 is 24.8 Å². The van der Waals surface area contributed by atoms with Gasteiger partial charge in [0.15, 0.2) is 23.1 Å². The van der Waals surface area contributed by atoms with Crippen LogP contribution in [0.1, 0.15) is 30.5 Å². The van der Waals surface area contributed by atoms with Gasteiger partial charge in [-0.1, -0.05) is 22.7 Å². The van der Waals surface area contributed by atoms with Gasteiger partial charge in [-0.15, -0.1) is 0 Å². The van der Waals surface area contributed by atoms with Crippen molar-refractivity contribution < 1.29 is 49.1 Å². The maximum absolute atomic E-state index is 10.8. The van der Waals surface area contributed by atoms with Crippen LogP contribution in [-0.2, 0) is 16.1 Å². The summed E-state index contributed by atoms with van der Waals surface area (Å²) in [4.78, 5) is 18.5. The Kier molecular flexibility index (Phi) is 18.5. The monoisotopic (exact) mass is 428 g/mol. The third-order valence-electron chi connectivity index (χ3n) is 2.75. The number of carbonyl (C=O) groups excluding carboxylic acids is 1. The van der Waals surface area contributed by atoms with Crippen LogP contribution in [0.4, 0.5) is 0 Å². The molecular weight excluding hydrogens is 402 g/mol. The van der Waals surface area contributed by atoms with Gasteiger partial charge in [0.05, 0.1) is 33.6 Å². The molecule has 148 valence electrons. The fourth-order valence-corrected chi connectivity index (χ4v) is 2.75. The van der Waals surface area contributed by atoms with Crippen LogP contribution >= 0.6 is 22.7 Å². The van der Waals surface area contributed by atoms with E-state index >= 15 is 0 Å². The molecule has 0 amide bonds. The summed E-state index contributed by atoms with van der Waals surface area (Å²) in [7, 11) is 4.37. The standard InChI is InChI=1S/C6H7NO3S.C5H7NO2S.C4H8O.Al.Li.4H/c1-9-5(8)4-3-11-6(7-4)10-2;1-8-5-6-4(2-7)3-9-5;1-2-4-5-3-1;;;;;;/h3H,1-2H3;3,7H,2H2,1H3;1-4H2;;;;;;/q;;;;+1;;;;-1. The van der Waals surface area contributed by atoms with Crippen LogP contribution < -0.4 is 28.3 Å². The van der Waals surface area contributed by atoms with Crippen molar-refractivity contribution in [2.24, 2.45) is 0 Å². The molecule has 3 rings (SSSR count). The maximum atomic E-state index is 10.8. The molecule has 0 radical (unpaired) electrons. The van der Waals surface area contributed by atoms with E-state index in [9.17, 15) is 4.79 Å². The predicted octanol–water partition coefficient (Wildman–Crippen LogP) is -1.69. The molecule has 0 atom stereocenters. The Bertz CT molecular complexity index is 605. The molecule has 12 heteroatoms. The third-order valence-corrected chi connectivity index (χ3v) is 4.40. The van der Waals surface area contributed by atoms with Crippen molar-refractivity contribution in [2.75, 3.05) is 34.5 Å². The van der Waals surface area contributed by atoms with E-state index in [1.807, 2.05) is 0 Å². The first-order valence-electron chi connectivity index (χ1n) is 7.39. The number of nitrogens with zero attached hydrogens (tertiary/aromatic N) is 2. The minimum atomic E-state index is -0.440. The topological polar surface area (TPSA) is 100 Å². The summed E-state index contributed by atoms with van der Waals surface area (Å²) in [5, 5.41) is 12.9. The largest absolute Gasteiger partial charge is 1.00 e. The molecule has 0 bridgehead atoms. The zero-order valence-corrected chi connectivity index (χ0v) is 17.0. The Balaban J connectivity index is -0.000000335. The van der Waals surface area contributed by atoms with Gasteiger partial charge in [-0.25, -0.2) is 9.78 Å². The molecule has 1 fully saturated rings. The van der Waals surface area contributed by atoms with Gasteiger partial charge in [-0.05, 0) is 12.8 Å². The van der Waals surface area contributed by atoms with Gasteiger partial charge < -0.3 is 25.5 Å². The Morgan fingerprint density at radius 1 is 1.15 bits per heavy atom. The van der Waals surface area contributed by atoms with Crippen LogP contribution in [0, 0.1) is 0 Å². The first-order valence-corrected chi connectivity index (χ1v) is 9.15. The molecule has 0 aliphatic carbocycles. The van der Waals surface area contributed by atoms with E-state index in [2.05, 4.69) is 14.7 Å². The summed E-state index contributed by atoms with van der Waals surface area (Å²) in [6.07, 6.45) is 2.56. The summed E-state index contributed by atoms with van der Waals surface area (Å²) in [6, 6.07) is 0. The molecule has 1 aliphatic rings. The van der Waals surface area contributed by atoms with Crippen LogP contribution in [-0.4, -0.2) is 72.9 Å². The smallest absolute Gasteiger partial charge is 1.00 e. The van der Waals surface area contributed by atoms with E-state index in [4.69, 9.17) is 19.3 Å². The molecule has 3 heterocycles. The SMILES string of the molecule is C1CCOC1.COC(=O)c1csc(OC)n1.COc1nc(CO)cs1.[AlH3].[H-].[Li+]. The first kappa shape index (κ1) is 28.6. The van der Waals surface area contributed by atoms with Gasteiger partial charge in [0.25, 0.3) is 10.4 Å². The minimum absolute atomic E-state index is 0. The molecular formula is C15H26AlLiN2O6S2. The van der Waals surface area contributed by atoms with E-state index in [1.54, 1.807) is 17.9 Å². The second-order valence-corrected chi connectivity index (χ2v) is 6.12. The molecule has 0 unspecified atom stereocenters. The average Bonchev–Trinajstić information content (AvgIpc) is 3.43. The number of thiazole rings is 2. The van der Waals surface area contributed by atoms with Crippen molar-refractivity contribution >= 4 is 46.0 Å². The van der Waals surface area contributed by atoms with Gasteiger partial charge in [0.1, 0.15) is 0 Å². The minimum Gasteiger partial charge on any atom is -1.00 e. The predicted molar refractivity (Wildman–Crippen MR) is 106 cm³/mol. The number of ether oxygens (including phenoxy) is 4. The van der Waals surface area contributed by atoms with Gasteiger partial charge in [0.2, 0.25) is 0 Å². The summed E-state index contributed by atoms with van der Waals surface area (Å²) >= 11 is 2.64. The molecule has 0 saturated carbocycles. The normalized spacial score (nSPS) is 11.4. The summed E-state index contributed by atoms with van der Waals surface area (Å²) in [5.41, 5.74) is 0.950. The number of esters is 1. The van der Waals surface area contributed by atoms with E-state index < -0.39 is 5.97 Å². The van der Waals surface area contributed by atoms with Gasteiger partial charge in [0, 0.05) is 24.0 Å². The Morgan fingerprint density at radius 3 is 2.04 bits per heavy atom. The Hall–Kier alpha value is -0.620. The number of aromatic nitrogens is 2. The van der Waals surface area contributed by atoms with Crippen LogP contribution in [0.25, 0.3) is 0 Å². The van der Waals surface area contributed by atoms with Crippen molar-refractivity contribution in [1.29, 1.82) is 0 Å². The number of hydrogen-bond donors (Lipinski definition) is 1. The first-order chi connectivity index (χ1) is 12.1. The molecule has 1 N–H and O–H groups in total. The summed E-state index contributed by atoms with van der Waals surface area (Å²) in [6.45, 7) is 1.99. The molecule has 8 nitrogen and oxygen atoms in total. The van der Waals surface area contributed by atoms with Crippen LogP contribution in [0.3, 0.4) is 0 Å². The average molecular weight is 428 g/mol. The number of rotatable bonds is 4. The number of carbonyl (C=O) groups is 1. The number of methoxy groups -OCH3 is 3. The van der Waals surface area contributed by atoms with Crippen LogP contribution in [0.15, 0.2) is 10.8 Å². The fraction of sp³-hybridized carbons (Fsp3) is 0.533. The van der Waals surface area contributed by atoms with Gasteiger partial charge in [-0.3, -0.25) is 0 Å². The van der Waals surface area contributed by atoms with E-state index in [0.717, 1.165) is 13.2 Å². The number of hydrogen-bond acceptors (Lipinski definition) is 10. The molecule has 2 aromatic heterocycles. The van der Waals surface area contributed by atoms with E-state index in [-0.39, 0.29) is 49.9 Å². The zero-order chi connectivity index (χ0) is 18.5. The Morgan fingerprint density at radius 2 is 1.70 bits per heavy atom. The molecule has 1 aliphatic heterocycles. The maximum Gasteiger partial charge on any atom is 1.00 e. The summed E-state index contributed by atoms with van der Waals surface area (Å²) in [5.74, 6) is -0.440. The van der Waals surface area contributed by atoms with E-state index in [0.29, 0.717) is 16.1 Å². The van der Waals surface area contributed by atoms with Crippen molar-refractivity contribution in [2.45, 2.75) is 19.4 Å². The van der Waals surface area contributed by atoms with Gasteiger partial charge in [-0.2, -0.15) is 4.98 Å². The van der Waals surface area contributed by atoms with Crippen molar-refractivity contribution in [3.8, 4) is 10.4 Å². The van der Waals surface area contributed by atoms with Crippen molar-refractivity contribution in [3.63, 3.8) is 0 Å². The zero-order valence-electron chi connectivity index (χ0n) is 16.4. The number of aliphatic hydroxyl groups excluding tert-OH is 1. The van der Waals surface area contributed by atoms with Crippen molar-refractivity contribution in [1.82, 2.24) is 9.97 Å². The number of aliphatic hydroxyl groups is 1. The molecule has 1 saturated heterocycles. The quantitative estimate of drug-likeness (QED) is 0.455. The fourth-order valence-electron chi connectivity index (χ4n) is 1.51. The van der Waals surface area contributed by atoms with Crippen LogP contribution in [0.2, 0.25) is 0 Å². The third kappa shape index (κ3) is 11.7. The molecule has 27 heavy (non-hydrogen) atoms. The second-order valence-electron chi connectivity index (χ2n) is 4.48. The van der Waals surface area contributed by atoms with Crippen LogP contribution in [0.5, 0.6) is 10.4 Å².